The first-order chi connectivity index (χ1) is 4.74. The van der Waals surface area contributed by atoms with E-state index in [0.29, 0.717) is 5.69 Å². The van der Waals surface area contributed by atoms with Gasteiger partial charge in [0.2, 0.25) is 5.95 Å². The highest BCUT2D eigenvalue weighted by Crippen LogP contribution is 2.09. The topological polar surface area (TPSA) is 30.1 Å². The minimum atomic E-state index is -0.796. The second-order valence-electron chi connectivity index (χ2n) is 1.74. The molecule has 3 nitrogen and oxygen atoms in total. The molecular formula is C6H4FN3. The summed E-state index contributed by atoms with van der Waals surface area (Å²) in [5.41, 5.74) is 0.477. The maximum atomic E-state index is 12.5. The van der Waals surface area contributed by atoms with Crippen LogP contribution >= 0.6 is 0 Å². The Morgan fingerprint density at radius 2 is 2.40 bits per heavy atom. The summed E-state index contributed by atoms with van der Waals surface area (Å²) in [6.45, 7) is 8.05. The van der Waals surface area contributed by atoms with Crippen molar-refractivity contribution in [2.75, 3.05) is 0 Å². The van der Waals surface area contributed by atoms with E-state index in [1.165, 1.54) is 6.20 Å². The largest absolute Gasteiger partial charge is 0.357 e. The van der Waals surface area contributed by atoms with Gasteiger partial charge < -0.3 is 4.85 Å². The molecule has 0 spiro atoms. The van der Waals surface area contributed by atoms with Crippen molar-refractivity contribution < 1.29 is 4.39 Å². The quantitative estimate of drug-likeness (QED) is 0.507. The van der Waals surface area contributed by atoms with Crippen molar-refractivity contribution in [1.29, 1.82) is 0 Å². The number of hydrogen-bond donors (Lipinski definition) is 0. The van der Waals surface area contributed by atoms with Gasteiger partial charge in [-0.2, -0.15) is 4.39 Å². The molecule has 0 radical (unpaired) electrons. The van der Waals surface area contributed by atoms with Crippen molar-refractivity contribution in [3.8, 4) is 0 Å². The molecule has 1 aromatic heterocycles. The van der Waals surface area contributed by atoms with Gasteiger partial charge in [-0.05, 0) is 6.92 Å². The molecule has 0 bridgehead atoms. The fourth-order valence-electron chi connectivity index (χ4n) is 0.517. The molecule has 1 heterocycles. The Kier molecular flexibility index (Phi) is 1.59. The van der Waals surface area contributed by atoms with E-state index < -0.39 is 5.95 Å². The Morgan fingerprint density at radius 1 is 1.70 bits per heavy atom. The van der Waals surface area contributed by atoms with Crippen LogP contribution in [0.4, 0.5) is 10.2 Å². The lowest BCUT2D eigenvalue weighted by molar-refractivity contribution is 0.580. The highest BCUT2D eigenvalue weighted by molar-refractivity contribution is 5.33. The molecule has 0 aliphatic rings. The van der Waals surface area contributed by atoms with Gasteiger partial charge in [-0.3, -0.25) is 0 Å². The zero-order valence-corrected chi connectivity index (χ0v) is 5.30. The molecule has 0 saturated heterocycles. The number of aromatic nitrogens is 2. The van der Waals surface area contributed by atoms with Gasteiger partial charge in [-0.25, -0.2) is 4.98 Å². The Labute approximate surface area is 57.4 Å². The molecule has 0 atom stereocenters. The molecule has 0 aromatic carbocycles. The van der Waals surface area contributed by atoms with Crippen LogP contribution < -0.4 is 0 Å². The molecule has 1 aromatic rings. The van der Waals surface area contributed by atoms with Crippen molar-refractivity contribution in [3.63, 3.8) is 0 Å². The maximum Gasteiger partial charge on any atom is 0.324 e. The summed E-state index contributed by atoms with van der Waals surface area (Å²) in [6.07, 6.45) is 1.36. The molecule has 0 amide bonds. The predicted octanol–water partition coefficient (Wildman–Crippen LogP) is 1.47. The van der Waals surface area contributed by atoms with Crippen molar-refractivity contribution in [2.45, 2.75) is 6.92 Å². The van der Waals surface area contributed by atoms with E-state index in [1.807, 2.05) is 0 Å². The van der Waals surface area contributed by atoms with Crippen LogP contribution in [0.2, 0.25) is 0 Å². The van der Waals surface area contributed by atoms with E-state index in [1.54, 1.807) is 6.92 Å². The van der Waals surface area contributed by atoms with Gasteiger partial charge in [-0.1, -0.05) is 6.57 Å². The molecule has 0 N–H and O–H groups in total. The lowest BCUT2D eigenvalue weighted by atomic mass is 10.5. The molecule has 50 valence electrons. The Morgan fingerprint density at radius 3 is 2.90 bits per heavy atom. The van der Waals surface area contributed by atoms with Crippen molar-refractivity contribution in [3.05, 3.63) is 29.3 Å². The van der Waals surface area contributed by atoms with Crippen LogP contribution in [0.25, 0.3) is 4.85 Å². The molecule has 10 heavy (non-hydrogen) atoms. The number of hydrogen-bond acceptors (Lipinski definition) is 2. The highest BCUT2D eigenvalue weighted by Gasteiger charge is 2.03. The Balaban J connectivity index is 3.23. The van der Waals surface area contributed by atoms with Gasteiger partial charge in [-0.15, -0.1) is 4.98 Å². The molecule has 0 fully saturated rings. The fourth-order valence-corrected chi connectivity index (χ4v) is 0.517. The lowest BCUT2D eigenvalue weighted by Crippen LogP contribution is -1.88. The van der Waals surface area contributed by atoms with Crippen LogP contribution in [-0.2, 0) is 0 Å². The second-order valence-corrected chi connectivity index (χ2v) is 1.74. The third-order valence-electron chi connectivity index (χ3n) is 0.939. The van der Waals surface area contributed by atoms with Crippen LogP contribution in [0.1, 0.15) is 5.69 Å². The zero-order chi connectivity index (χ0) is 7.56. The minimum Gasteiger partial charge on any atom is -0.357 e. The van der Waals surface area contributed by atoms with Gasteiger partial charge in [0.25, 0.3) is 0 Å². The summed E-state index contributed by atoms with van der Waals surface area (Å²) in [5, 5.41) is 0. The molecule has 1 rings (SSSR count). The summed E-state index contributed by atoms with van der Waals surface area (Å²) in [4.78, 5) is 9.72. The average Bonchev–Trinajstić information content (AvgIpc) is 1.88. The first kappa shape index (κ1) is 6.62. The first-order valence-corrected chi connectivity index (χ1v) is 2.60. The van der Waals surface area contributed by atoms with Crippen LogP contribution in [0.15, 0.2) is 6.20 Å². The van der Waals surface area contributed by atoms with E-state index in [-0.39, 0.29) is 5.82 Å². The summed E-state index contributed by atoms with van der Waals surface area (Å²) in [7, 11) is 0. The van der Waals surface area contributed by atoms with E-state index in [2.05, 4.69) is 14.8 Å². The standard InChI is InChI=1S/C6H4FN3/c1-4-3-9-6(8-2)5(7)10-4/h3H,1H3. The van der Waals surface area contributed by atoms with Gasteiger partial charge in [0.05, 0.1) is 5.69 Å². The Hall–Kier alpha value is -1.50. The van der Waals surface area contributed by atoms with E-state index >= 15 is 0 Å². The SMILES string of the molecule is [C-]#[N+]c1ncc(C)nc1F. The first-order valence-electron chi connectivity index (χ1n) is 2.60. The number of halogens is 1. The van der Waals surface area contributed by atoms with E-state index in [4.69, 9.17) is 6.57 Å². The predicted molar refractivity (Wildman–Crippen MR) is 33.0 cm³/mol. The fraction of sp³-hybridized carbons (Fsp3) is 0.167. The highest BCUT2D eigenvalue weighted by atomic mass is 19.1. The van der Waals surface area contributed by atoms with Crippen molar-refractivity contribution in [2.24, 2.45) is 0 Å². The summed E-state index contributed by atoms with van der Waals surface area (Å²) < 4.78 is 12.5. The van der Waals surface area contributed by atoms with E-state index in [9.17, 15) is 4.39 Å². The molecular weight excluding hydrogens is 133 g/mol. The lowest BCUT2D eigenvalue weighted by Gasteiger charge is -1.89. The molecule has 0 unspecified atom stereocenters. The Bertz CT molecular complexity index is 290. The normalized spacial score (nSPS) is 8.90. The molecule has 0 saturated carbocycles. The summed E-state index contributed by atoms with van der Waals surface area (Å²) >= 11 is 0. The van der Waals surface area contributed by atoms with Gasteiger partial charge in [0.15, 0.2) is 0 Å². The van der Waals surface area contributed by atoms with E-state index in [0.717, 1.165) is 0 Å². The number of aryl methyl sites for hydroxylation is 1. The van der Waals surface area contributed by atoms with Gasteiger partial charge in [0.1, 0.15) is 6.20 Å². The maximum absolute atomic E-state index is 12.5. The van der Waals surface area contributed by atoms with Gasteiger partial charge >= 0.3 is 5.82 Å². The molecule has 4 heteroatoms. The third-order valence-corrected chi connectivity index (χ3v) is 0.939. The second kappa shape index (κ2) is 2.40. The summed E-state index contributed by atoms with van der Waals surface area (Å²) in [6, 6.07) is 0. The molecule has 0 aliphatic heterocycles. The van der Waals surface area contributed by atoms with Crippen molar-refractivity contribution in [1.82, 2.24) is 9.97 Å². The van der Waals surface area contributed by atoms with Crippen LogP contribution in [-0.4, -0.2) is 9.97 Å². The van der Waals surface area contributed by atoms with Gasteiger partial charge in [0, 0.05) is 0 Å². The molecule has 0 aliphatic carbocycles. The van der Waals surface area contributed by atoms with Crippen molar-refractivity contribution >= 4 is 5.82 Å². The summed E-state index contributed by atoms with van der Waals surface area (Å²) in [5.74, 6) is -1.07. The van der Waals surface area contributed by atoms with Crippen LogP contribution in [0.5, 0.6) is 0 Å². The van der Waals surface area contributed by atoms with Crippen LogP contribution in [0, 0.1) is 19.4 Å². The smallest absolute Gasteiger partial charge is 0.324 e. The monoisotopic (exact) mass is 137 g/mol. The average molecular weight is 137 g/mol. The minimum absolute atomic E-state index is 0.273. The number of nitrogens with zero attached hydrogens (tertiary/aromatic N) is 3. The van der Waals surface area contributed by atoms with Crippen LogP contribution in [0.3, 0.4) is 0 Å². The number of rotatable bonds is 0. The zero-order valence-electron chi connectivity index (χ0n) is 5.30. The third kappa shape index (κ3) is 1.08.